The first-order valence-corrected chi connectivity index (χ1v) is 11.0. The number of hydrogen-bond donors (Lipinski definition) is 1. The van der Waals surface area contributed by atoms with Crippen LogP contribution in [0.1, 0.15) is 17.7 Å². The lowest BCUT2D eigenvalue weighted by atomic mass is 10.1. The molecule has 2 saturated heterocycles. The molecule has 166 valence electrons. The number of ether oxygens (including phenoxy) is 1. The van der Waals surface area contributed by atoms with Gasteiger partial charge in [-0.25, -0.2) is 9.97 Å². The molecule has 9 nitrogen and oxygen atoms in total. The maximum Gasteiger partial charge on any atom is 0.255 e. The number of nitrogens with zero attached hydrogens (tertiary/aromatic N) is 5. The Morgan fingerprint density at radius 2 is 1.87 bits per heavy atom. The number of hydrogen-bond acceptors (Lipinski definition) is 7. The van der Waals surface area contributed by atoms with Crippen molar-refractivity contribution in [2.45, 2.75) is 19.8 Å². The number of amides is 1. The van der Waals surface area contributed by atoms with E-state index in [0.717, 1.165) is 18.9 Å². The summed E-state index contributed by atoms with van der Waals surface area (Å²) < 4.78 is 5.35. The van der Waals surface area contributed by atoms with Crippen molar-refractivity contribution in [2.75, 3.05) is 62.3 Å². The summed E-state index contributed by atoms with van der Waals surface area (Å²) in [7, 11) is 0. The Bertz CT molecular complexity index is 966. The van der Waals surface area contributed by atoms with E-state index in [4.69, 9.17) is 16.3 Å². The Morgan fingerprint density at radius 1 is 1.13 bits per heavy atom. The summed E-state index contributed by atoms with van der Waals surface area (Å²) in [6, 6.07) is 3.71. The third-order valence-electron chi connectivity index (χ3n) is 5.78. The summed E-state index contributed by atoms with van der Waals surface area (Å²) in [6.07, 6.45) is 2.31. The SMILES string of the molecule is Cc1nc(N2CCOCC2)[nH]c(=O)c1CCC(=O)N1CCN(c2ccc(Cl)cn2)CC1. The molecule has 2 fully saturated rings. The van der Waals surface area contributed by atoms with Crippen LogP contribution in [0, 0.1) is 6.92 Å². The molecular formula is C21H27ClN6O3. The molecule has 1 amide bonds. The topological polar surface area (TPSA) is 94.7 Å². The van der Waals surface area contributed by atoms with E-state index in [-0.39, 0.29) is 11.5 Å². The Morgan fingerprint density at radius 3 is 2.52 bits per heavy atom. The van der Waals surface area contributed by atoms with Crippen molar-refractivity contribution in [3.63, 3.8) is 0 Å². The van der Waals surface area contributed by atoms with Crippen LogP contribution in [0.15, 0.2) is 23.1 Å². The van der Waals surface area contributed by atoms with Crippen LogP contribution in [0.5, 0.6) is 0 Å². The second kappa shape index (κ2) is 9.65. The van der Waals surface area contributed by atoms with Gasteiger partial charge in [-0.3, -0.25) is 14.6 Å². The first-order chi connectivity index (χ1) is 15.0. The molecule has 4 heterocycles. The summed E-state index contributed by atoms with van der Waals surface area (Å²) in [5.41, 5.74) is 1.09. The average Bonchev–Trinajstić information content (AvgIpc) is 2.79. The maximum atomic E-state index is 12.7. The minimum Gasteiger partial charge on any atom is -0.378 e. The van der Waals surface area contributed by atoms with Gasteiger partial charge in [0.15, 0.2) is 0 Å². The number of halogens is 1. The number of morpholine rings is 1. The van der Waals surface area contributed by atoms with Crippen LogP contribution in [0.2, 0.25) is 5.02 Å². The number of aromatic amines is 1. The molecule has 4 rings (SSSR count). The first kappa shape index (κ1) is 21.6. The molecule has 2 aromatic rings. The zero-order valence-electron chi connectivity index (χ0n) is 17.6. The molecule has 1 N–H and O–H groups in total. The number of piperazine rings is 1. The molecule has 0 aromatic carbocycles. The standard InChI is InChI=1S/C21H27ClN6O3/c1-15-17(20(30)25-21(24-15)28-10-12-31-13-11-28)3-5-19(29)27-8-6-26(7-9-27)18-4-2-16(22)14-23-18/h2,4,14H,3,5-13H2,1H3,(H,24,25,30). The molecule has 2 aromatic heterocycles. The van der Waals surface area contributed by atoms with Crippen LogP contribution in [0.4, 0.5) is 11.8 Å². The van der Waals surface area contributed by atoms with E-state index >= 15 is 0 Å². The number of nitrogens with one attached hydrogen (secondary N) is 1. The van der Waals surface area contributed by atoms with E-state index in [9.17, 15) is 9.59 Å². The van der Waals surface area contributed by atoms with Crippen LogP contribution in [-0.2, 0) is 16.0 Å². The van der Waals surface area contributed by atoms with Crippen molar-refractivity contribution in [3.8, 4) is 0 Å². The van der Waals surface area contributed by atoms with E-state index in [1.54, 1.807) is 6.20 Å². The zero-order valence-corrected chi connectivity index (χ0v) is 18.4. The minimum absolute atomic E-state index is 0.0553. The normalized spacial score (nSPS) is 17.2. The molecule has 0 saturated carbocycles. The Kier molecular flexibility index (Phi) is 6.72. The van der Waals surface area contributed by atoms with Gasteiger partial charge in [-0.05, 0) is 25.5 Å². The lowest BCUT2D eigenvalue weighted by Gasteiger charge is -2.35. The molecule has 31 heavy (non-hydrogen) atoms. The lowest BCUT2D eigenvalue weighted by Crippen LogP contribution is -2.49. The van der Waals surface area contributed by atoms with Crippen LogP contribution >= 0.6 is 11.6 Å². The number of aromatic nitrogens is 3. The highest BCUT2D eigenvalue weighted by molar-refractivity contribution is 6.30. The van der Waals surface area contributed by atoms with Gasteiger partial charge in [-0.15, -0.1) is 0 Å². The second-order valence-corrected chi connectivity index (χ2v) is 8.19. The largest absolute Gasteiger partial charge is 0.378 e. The summed E-state index contributed by atoms with van der Waals surface area (Å²) in [5.74, 6) is 1.50. The van der Waals surface area contributed by atoms with Crippen molar-refractivity contribution >= 4 is 29.3 Å². The maximum absolute atomic E-state index is 12.7. The summed E-state index contributed by atoms with van der Waals surface area (Å²) in [4.78, 5) is 43.1. The van der Waals surface area contributed by atoms with Crippen molar-refractivity contribution < 1.29 is 9.53 Å². The monoisotopic (exact) mass is 446 g/mol. The van der Waals surface area contributed by atoms with E-state index < -0.39 is 0 Å². The first-order valence-electron chi connectivity index (χ1n) is 10.6. The van der Waals surface area contributed by atoms with Crippen molar-refractivity contribution in [1.29, 1.82) is 0 Å². The number of pyridine rings is 1. The molecular weight excluding hydrogens is 420 g/mol. The Hall–Kier alpha value is -2.65. The predicted octanol–water partition coefficient (Wildman–Crippen LogP) is 1.24. The highest BCUT2D eigenvalue weighted by Gasteiger charge is 2.23. The molecule has 10 heteroatoms. The highest BCUT2D eigenvalue weighted by Crippen LogP contribution is 2.17. The van der Waals surface area contributed by atoms with Crippen molar-refractivity contribution in [2.24, 2.45) is 0 Å². The third-order valence-corrected chi connectivity index (χ3v) is 6.00. The van der Waals surface area contributed by atoms with Gasteiger partial charge < -0.3 is 19.4 Å². The van der Waals surface area contributed by atoms with Crippen LogP contribution in [0.25, 0.3) is 0 Å². The average molecular weight is 447 g/mol. The van der Waals surface area contributed by atoms with Crippen LogP contribution < -0.4 is 15.4 Å². The van der Waals surface area contributed by atoms with Gasteiger partial charge in [-0.2, -0.15) is 0 Å². The Balaban J connectivity index is 1.31. The number of carbonyl (C=O) groups is 1. The van der Waals surface area contributed by atoms with E-state index in [2.05, 4.69) is 19.9 Å². The van der Waals surface area contributed by atoms with Crippen LogP contribution in [-0.4, -0.2) is 78.2 Å². The third kappa shape index (κ3) is 5.16. The van der Waals surface area contributed by atoms with Gasteiger partial charge in [0.1, 0.15) is 5.82 Å². The van der Waals surface area contributed by atoms with E-state index in [1.165, 1.54) is 0 Å². The highest BCUT2D eigenvalue weighted by atomic mass is 35.5. The molecule has 2 aliphatic rings. The Labute approximate surface area is 186 Å². The molecule has 0 spiro atoms. The number of H-pyrrole nitrogens is 1. The zero-order chi connectivity index (χ0) is 21.8. The second-order valence-electron chi connectivity index (χ2n) is 7.76. The lowest BCUT2D eigenvalue weighted by molar-refractivity contribution is -0.131. The van der Waals surface area contributed by atoms with Gasteiger partial charge in [0.05, 0.1) is 18.2 Å². The van der Waals surface area contributed by atoms with Gasteiger partial charge in [0, 0.05) is 63.1 Å². The van der Waals surface area contributed by atoms with Crippen LogP contribution in [0.3, 0.4) is 0 Å². The quantitative estimate of drug-likeness (QED) is 0.738. The molecule has 0 atom stereocenters. The molecule has 0 bridgehead atoms. The molecule has 0 unspecified atom stereocenters. The number of aryl methyl sites for hydroxylation is 1. The van der Waals surface area contributed by atoms with E-state index in [1.807, 2.05) is 28.9 Å². The van der Waals surface area contributed by atoms with Gasteiger partial charge in [-0.1, -0.05) is 11.6 Å². The molecule has 0 aliphatic carbocycles. The fourth-order valence-corrected chi connectivity index (χ4v) is 4.06. The number of anilines is 2. The van der Waals surface area contributed by atoms with Gasteiger partial charge in [0.25, 0.3) is 5.56 Å². The molecule has 2 aliphatic heterocycles. The molecule has 0 radical (unpaired) electrons. The van der Waals surface area contributed by atoms with Gasteiger partial charge in [0.2, 0.25) is 11.9 Å². The number of rotatable bonds is 5. The van der Waals surface area contributed by atoms with E-state index in [0.29, 0.717) is 74.5 Å². The number of carbonyl (C=O) groups excluding carboxylic acids is 1. The van der Waals surface area contributed by atoms with Gasteiger partial charge >= 0.3 is 0 Å². The fraction of sp³-hybridized carbons (Fsp3) is 0.524. The van der Waals surface area contributed by atoms with Crippen molar-refractivity contribution in [1.82, 2.24) is 19.9 Å². The fourth-order valence-electron chi connectivity index (χ4n) is 3.94. The minimum atomic E-state index is -0.166. The summed E-state index contributed by atoms with van der Waals surface area (Å²) >= 11 is 5.90. The summed E-state index contributed by atoms with van der Waals surface area (Å²) in [5, 5.41) is 0.607. The smallest absolute Gasteiger partial charge is 0.255 e. The summed E-state index contributed by atoms with van der Waals surface area (Å²) in [6.45, 7) is 7.19. The van der Waals surface area contributed by atoms with Crippen molar-refractivity contribution in [3.05, 3.63) is 45.0 Å². The predicted molar refractivity (Wildman–Crippen MR) is 119 cm³/mol.